The van der Waals surface area contributed by atoms with Crippen molar-refractivity contribution < 1.29 is 19.2 Å². The Morgan fingerprint density at radius 3 is 2.62 bits per heavy atom. The number of nitro benzene ring substituents is 1. The molecule has 26 heavy (non-hydrogen) atoms. The number of rotatable bonds is 6. The van der Waals surface area contributed by atoms with E-state index in [9.17, 15) is 19.7 Å². The monoisotopic (exact) mass is 377 g/mol. The molecule has 0 saturated heterocycles. The molecule has 2 aromatic rings. The molecule has 3 N–H and O–H groups in total. The zero-order chi connectivity index (χ0) is 19.3. The summed E-state index contributed by atoms with van der Waals surface area (Å²) in [5.41, 5.74) is 5.96. The van der Waals surface area contributed by atoms with Gasteiger partial charge in [0.05, 0.1) is 16.2 Å². The van der Waals surface area contributed by atoms with Crippen molar-refractivity contribution in [3.8, 4) is 0 Å². The maximum absolute atomic E-state index is 12.1. The molecule has 0 saturated carbocycles. The number of anilines is 1. The second-order valence-electron chi connectivity index (χ2n) is 5.39. The maximum atomic E-state index is 12.1. The summed E-state index contributed by atoms with van der Waals surface area (Å²) < 4.78 is 5.06. The third-order valence-electron chi connectivity index (χ3n) is 3.53. The van der Waals surface area contributed by atoms with Gasteiger partial charge in [0.1, 0.15) is 0 Å². The average Bonchev–Trinajstić information content (AvgIpc) is 2.60. The van der Waals surface area contributed by atoms with Crippen LogP contribution in [0, 0.1) is 10.1 Å². The van der Waals surface area contributed by atoms with Crippen LogP contribution in [0.25, 0.3) is 0 Å². The number of nitro groups is 1. The minimum absolute atomic E-state index is 0.0543. The van der Waals surface area contributed by atoms with Crippen molar-refractivity contribution in [1.82, 2.24) is 5.32 Å². The number of esters is 1. The fraction of sp³-hybridized carbons (Fsp3) is 0.176. The third kappa shape index (κ3) is 4.70. The molecule has 2 aromatic carbocycles. The molecule has 0 unspecified atom stereocenters. The normalized spacial score (nSPS) is 11.5. The largest absolute Gasteiger partial charge is 0.449 e. The number of hydrogen-bond donors (Lipinski definition) is 2. The van der Waals surface area contributed by atoms with Crippen LogP contribution in [0.1, 0.15) is 22.8 Å². The van der Waals surface area contributed by atoms with Gasteiger partial charge in [0.25, 0.3) is 11.6 Å². The summed E-state index contributed by atoms with van der Waals surface area (Å²) in [5, 5.41) is 13.8. The molecule has 0 heterocycles. The smallest absolute Gasteiger partial charge is 0.341 e. The lowest BCUT2D eigenvalue weighted by Crippen LogP contribution is -2.35. The summed E-state index contributed by atoms with van der Waals surface area (Å²) in [5.74, 6) is -1.36. The molecule has 8 nitrogen and oxygen atoms in total. The first kappa shape index (κ1) is 19.2. The van der Waals surface area contributed by atoms with E-state index in [0.29, 0.717) is 5.02 Å². The van der Waals surface area contributed by atoms with Gasteiger partial charge in [-0.15, -0.1) is 0 Å². The van der Waals surface area contributed by atoms with Gasteiger partial charge in [-0.05, 0) is 24.6 Å². The summed E-state index contributed by atoms with van der Waals surface area (Å²) in [7, 11) is 0. The lowest BCUT2D eigenvalue weighted by Gasteiger charge is -2.14. The van der Waals surface area contributed by atoms with E-state index in [1.54, 1.807) is 24.3 Å². The van der Waals surface area contributed by atoms with Crippen LogP contribution in [-0.2, 0) is 16.1 Å². The van der Waals surface area contributed by atoms with Crippen molar-refractivity contribution in [3.05, 3.63) is 68.7 Å². The molecule has 0 aliphatic carbocycles. The first-order valence-corrected chi connectivity index (χ1v) is 7.93. The van der Waals surface area contributed by atoms with E-state index in [1.165, 1.54) is 13.0 Å². The number of nitrogens with two attached hydrogens (primary N) is 1. The number of nitrogen functional groups attached to an aromatic ring is 1. The van der Waals surface area contributed by atoms with Crippen LogP contribution in [0.15, 0.2) is 42.5 Å². The molecule has 0 bridgehead atoms. The number of halogens is 1. The summed E-state index contributed by atoms with van der Waals surface area (Å²) >= 11 is 6.01. The number of hydrogen-bond acceptors (Lipinski definition) is 6. The van der Waals surface area contributed by atoms with Crippen LogP contribution >= 0.6 is 11.6 Å². The molecule has 0 aliphatic rings. The zero-order valence-electron chi connectivity index (χ0n) is 13.8. The number of amides is 1. The summed E-state index contributed by atoms with van der Waals surface area (Å²) in [6.07, 6.45) is -1.08. The van der Waals surface area contributed by atoms with Crippen LogP contribution in [0.2, 0.25) is 5.02 Å². The fourth-order valence-electron chi connectivity index (χ4n) is 2.09. The Bertz CT molecular complexity index is 856. The van der Waals surface area contributed by atoms with Gasteiger partial charge in [-0.1, -0.05) is 29.8 Å². The second kappa shape index (κ2) is 8.30. The molecule has 0 spiro atoms. The number of benzene rings is 2. The molecule has 9 heteroatoms. The Hall–Kier alpha value is -3.13. The fourth-order valence-corrected chi connectivity index (χ4v) is 2.30. The van der Waals surface area contributed by atoms with Crippen molar-refractivity contribution in [3.63, 3.8) is 0 Å². The third-order valence-corrected chi connectivity index (χ3v) is 3.90. The second-order valence-corrected chi connectivity index (χ2v) is 5.79. The highest BCUT2D eigenvalue weighted by atomic mass is 35.5. The lowest BCUT2D eigenvalue weighted by molar-refractivity contribution is -0.384. The van der Waals surface area contributed by atoms with Crippen LogP contribution < -0.4 is 11.1 Å². The van der Waals surface area contributed by atoms with E-state index in [1.807, 2.05) is 0 Å². The van der Waals surface area contributed by atoms with Crippen LogP contribution in [0.5, 0.6) is 0 Å². The Morgan fingerprint density at radius 1 is 1.31 bits per heavy atom. The van der Waals surface area contributed by atoms with E-state index >= 15 is 0 Å². The standard InChI is InChI=1S/C17H16ClN3O5/c1-10(16(22)20-9-11-4-2-3-5-14(11)18)26-17(23)13-7-6-12(21(24)25)8-15(13)19/h2-8,10H,9,19H2,1H3,(H,20,22)/t10-/m0/s1. The van der Waals surface area contributed by atoms with Gasteiger partial charge in [0, 0.05) is 23.7 Å². The summed E-state index contributed by atoms with van der Waals surface area (Å²) in [6.45, 7) is 1.58. The van der Waals surface area contributed by atoms with E-state index in [0.717, 1.165) is 17.7 Å². The highest BCUT2D eigenvalue weighted by molar-refractivity contribution is 6.31. The molecule has 0 aliphatic heterocycles. The first-order valence-electron chi connectivity index (χ1n) is 7.55. The minimum Gasteiger partial charge on any atom is -0.449 e. The SMILES string of the molecule is C[C@H](OC(=O)c1ccc([N+](=O)[O-])cc1N)C(=O)NCc1ccccc1Cl. The van der Waals surface area contributed by atoms with Crippen molar-refractivity contribution >= 4 is 34.9 Å². The quantitative estimate of drug-likeness (QED) is 0.345. The number of nitrogens with zero attached hydrogens (tertiary/aromatic N) is 1. The molecule has 0 radical (unpaired) electrons. The summed E-state index contributed by atoms with van der Waals surface area (Å²) in [6, 6.07) is 10.4. The maximum Gasteiger partial charge on any atom is 0.341 e. The molecule has 1 atom stereocenters. The average molecular weight is 378 g/mol. The van der Waals surface area contributed by atoms with E-state index in [2.05, 4.69) is 5.32 Å². The van der Waals surface area contributed by atoms with Crippen molar-refractivity contribution in [1.29, 1.82) is 0 Å². The predicted molar refractivity (Wildman–Crippen MR) is 95.7 cm³/mol. The Morgan fingerprint density at radius 2 is 2.00 bits per heavy atom. The van der Waals surface area contributed by atoms with Gasteiger partial charge in [-0.25, -0.2) is 4.79 Å². The van der Waals surface area contributed by atoms with Crippen molar-refractivity contribution in [2.45, 2.75) is 19.6 Å². The number of carbonyl (C=O) groups is 2. The van der Waals surface area contributed by atoms with E-state index < -0.39 is 22.9 Å². The van der Waals surface area contributed by atoms with E-state index in [-0.39, 0.29) is 23.5 Å². The van der Waals surface area contributed by atoms with Gasteiger partial charge < -0.3 is 15.8 Å². The van der Waals surface area contributed by atoms with Gasteiger partial charge in [-0.2, -0.15) is 0 Å². The number of ether oxygens (including phenoxy) is 1. The van der Waals surface area contributed by atoms with Gasteiger partial charge in [-0.3, -0.25) is 14.9 Å². The lowest BCUT2D eigenvalue weighted by atomic mass is 10.1. The van der Waals surface area contributed by atoms with Gasteiger partial charge in [0.15, 0.2) is 6.10 Å². The Labute approximate surface area is 154 Å². The van der Waals surface area contributed by atoms with Crippen LogP contribution in [-0.4, -0.2) is 22.9 Å². The van der Waals surface area contributed by atoms with Gasteiger partial charge >= 0.3 is 5.97 Å². The van der Waals surface area contributed by atoms with Crippen LogP contribution in [0.3, 0.4) is 0 Å². The molecular formula is C17H16ClN3O5. The number of non-ortho nitro benzene ring substituents is 1. The predicted octanol–water partition coefficient (Wildman–Crippen LogP) is 2.69. The zero-order valence-corrected chi connectivity index (χ0v) is 14.5. The Balaban J connectivity index is 1.97. The molecule has 0 fully saturated rings. The highest BCUT2D eigenvalue weighted by Gasteiger charge is 2.21. The minimum atomic E-state index is -1.08. The molecule has 2 rings (SSSR count). The summed E-state index contributed by atoms with van der Waals surface area (Å²) in [4.78, 5) is 34.2. The van der Waals surface area contributed by atoms with Crippen molar-refractivity contribution in [2.75, 3.05) is 5.73 Å². The Kier molecular flexibility index (Phi) is 6.13. The number of nitrogens with one attached hydrogen (secondary N) is 1. The molecule has 136 valence electrons. The van der Waals surface area contributed by atoms with Crippen LogP contribution in [0.4, 0.5) is 11.4 Å². The molecule has 0 aromatic heterocycles. The molecule has 1 amide bonds. The molecular weight excluding hydrogens is 362 g/mol. The highest BCUT2D eigenvalue weighted by Crippen LogP contribution is 2.21. The topological polar surface area (TPSA) is 125 Å². The van der Waals surface area contributed by atoms with E-state index in [4.69, 9.17) is 22.1 Å². The number of carbonyl (C=O) groups excluding carboxylic acids is 2. The van der Waals surface area contributed by atoms with Gasteiger partial charge in [0.2, 0.25) is 0 Å². The first-order chi connectivity index (χ1) is 12.3. The van der Waals surface area contributed by atoms with Crippen molar-refractivity contribution in [2.24, 2.45) is 0 Å².